The molecule has 1 aliphatic carbocycles. The van der Waals surface area contributed by atoms with Gasteiger partial charge < -0.3 is 4.90 Å². The molecule has 2 heteroatoms. The molecule has 1 aromatic heterocycles. The first kappa shape index (κ1) is 41.9. The van der Waals surface area contributed by atoms with Gasteiger partial charge in [0.05, 0.1) is 11.1 Å². The highest BCUT2D eigenvalue weighted by Gasteiger charge is 2.39. The topological polar surface area (TPSA) is 3.24 Å². The summed E-state index contributed by atoms with van der Waals surface area (Å²) >= 11 is 1.87. The predicted octanol–water partition coefficient (Wildman–Crippen LogP) is 18.7. The van der Waals surface area contributed by atoms with Gasteiger partial charge in [0.25, 0.3) is 0 Å². The van der Waals surface area contributed by atoms with Crippen LogP contribution in [0.3, 0.4) is 0 Å². The molecular formula is C68H49NS. The Kier molecular flexibility index (Phi) is 10.0. The maximum absolute atomic E-state index is 2.53. The third-order valence-corrected chi connectivity index (χ3v) is 16.2. The summed E-state index contributed by atoms with van der Waals surface area (Å²) in [7, 11) is 0. The summed E-state index contributed by atoms with van der Waals surface area (Å²) in [5, 5.41) is 5.02. The maximum Gasteiger partial charge on any atom is 0.0701 e. The Labute approximate surface area is 414 Å². The van der Waals surface area contributed by atoms with Crippen molar-refractivity contribution in [3.8, 4) is 33.4 Å². The Morgan fingerprint density at radius 2 is 0.871 bits per heavy atom. The van der Waals surface area contributed by atoms with Crippen molar-refractivity contribution in [2.75, 3.05) is 4.90 Å². The highest BCUT2D eigenvalue weighted by molar-refractivity contribution is 7.25. The lowest BCUT2D eigenvalue weighted by Gasteiger charge is -2.37. The summed E-state index contributed by atoms with van der Waals surface area (Å²) in [6, 6.07) is 96.9. The molecule has 0 fully saturated rings. The molecule has 1 aliphatic rings. The van der Waals surface area contributed by atoms with E-state index in [4.69, 9.17) is 0 Å². The second-order valence-electron chi connectivity index (χ2n) is 19.1. The number of fused-ring (bicyclic) bond motifs is 7. The molecule has 0 aliphatic heterocycles. The fourth-order valence-corrected chi connectivity index (χ4v) is 13.0. The van der Waals surface area contributed by atoms with E-state index in [1.54, 1.807) is 0 Å². The number of nitrogens with zero attached hydrogens (tertiary/aromatic N) is 1. The third kappa shape index (κ3) is 6.51. The van der Waals surface area contributed by atoms with E-state index in [0.717, 1.165) is 17.1 Å². The van der Waals surface area contributed by atoms with E-state index in [1.165, 1.54) is 97.7 Å². The Balaban J connectivity index is 1.08. The van der Waals surface area contributed by atoms with Crippen LogP contribution in [0.5, 0.6) is 0 Å². The minimum Gasteiger partial charge on any atom is -0.310 e. The van der Waals surface area contributed by atoms with Gasteiger partial charge in [-0.1, -0.05) is 232 Å². The lowest BCUT2D eigenvalue weighted by atomic mass is 9.65. The average molecular weight is 912 g/mol. The highest BCUT2D eigenvalue weighted by atomic mass is 32.1. The highest BCUT2D eigenvalue weighted by Crippen LogP contribution is 2.54. The Morgan fingerprint density at radius 1 is 0.357 bits per heavy atom. The first-order valence-corrected chi connectivity index (χ1v) is 25.2. The van der Waals surface area contributed by atoms with Gasteiger partial charge in [0.15, 0.2) is 0 Å². The van der Waals surface area contributed by atoms with Crippen molar-refractivity contribution >= 4 is 59.3 Å². The lowest BCUT2D eigenvalue weighted by molar-refractivity contribution is 0.660. The fourth-order valence-electron chi connectivity index (χ4n) is 11.8. The molecule has 0 radical (unpaired) electrons. The predicted molar refractivity (Wildman–Crippen MR) is 298 cm³/mol. The van der Waals surface area contributed by atoms with Gasteiger partial charge in [-0.2, -0.15) is 0 Å². The normalized spacial score (nSPS) is 12.8. The van der Waals surface area contributed by atoms with E-state index in [1.807, 2.05) is 11.3 Å². The summed E-state index contributed by atoms with van der Waals surface area (Å²) in [4.78, 5) is 2.53. The van der Waals surface area contributed by atoms with Crippen LogP contribution in [0.2, 0.25) is 0 Å². The molecular weight excluding hydrogens is 863 g/mol. The molecule has 70 heavy (non-hydrogen) atoms. The van der Waals surface area contributed by atoms with E-state index in [2.05, 4.69) is 280 Å². The van der Waals surface area contributed by atoms with Crippen molar-refractivity contribution in [1.29, 1.82) is 0 Å². The molecule has 0 atom stereocenters. The number of rotatable bonds is 9. The SMILES string of the molecule is CC1(C)c2ccccc2-c2ccc(N(c3ccc(C(c4ccccc4)(c4ccccc4)c4ccccc4)cc3)c3ccc4ccccc4c3-c3ccccc3-c3cccc4sc5ccccc5c34)cc21. The van der Waals surface area contributed by atoms with Gasteiger partial charge in [0, 0.05) is 42.5 Å². The number of hydrogen-bond donors (Lipinski definition) is 0. The average Bonchev–Trinajstić information content (AvgIpc) is 3.92. The second kappa shape index (κ2) is 16.7. The molecule has 11 aromatic carbocycles. The van der Waals surface area contributed by atoms with Crippen molar-refractivity contribution in [1.82, 2.24) is 0 Å². The zero-order valence-corrected chi connectivity index (χ0v) is 40.0. The van der Waals surface area contributed by atoms with Gasteiger partial charge in [-0.25, -0.2) is 0 Å². The van der Waals surface area contributed by atoms with E-state index in [9.17, 15) is 0 Å². The van der Waals surface area contributed by atoms with Crippen LogP contribution in [0.1, 0.15) is 47.2 Å². The van der Waals surface area contributed by atoms with Crippen LogP contribution in [-0.2, 0) is 10.8 Å². The van der Waals surface area contributed by atoms with Crippen LogP contribution in [-0.4, -0.2) is 0 Å². The van der Waals surface area contributed by atoms with Crippen molar-refractivity contribution in [3.05, 3.63) is 294 Å². The van der Waals surface area contributed by atoms with Crippen LogP contribution in [0.25, 0.3) is 64.3 Å². The number of hydrogen-bond acceptors (Lipinski definition) is 2. The summed E-state index contributed by atoms with van der Waals surface area (Å²) in [6.45, 7) is 4.76. The number of benzene rings is 11. The van der Waals surface area contributed by atoms with Gasteiger partial charge in [0.1, 0.15) is 0 Å². The Hall–Kier alpha value is -8.30. The molecule has 0 saturated heterocycles. The lowest BCUT2D eigenvalue weighted by Crippen LogP contribution is -2.31. The van der Waals surface area contributed by atoms with Crippen molar-refractivity contribution < 1.29 is 0 Å². The standard InChI is InChI=1S/C68H49NS/c1-67(2)60-34-18-16-30-55(60)56-43-42-52(45-61(56)67)69(51-40-38-50(39-41-51)68(47-22-6-3-7-23-47,48-24-8-4-9-25-48)49-26-10-5-11-27-49)62-44-37-46-21-12-13-28-53(46)65(62)57-31-15-14-29-54(57)58-33-20-36-64-66(58)59-32-17-19-35-63(59)70-64/h3-45H,1-2H3. The van der Waals surface area contributed by atoms with Gasteiger partial charge in [-0.3, -0.25) is 0 Å². The van der Waals surface area contributed by atoms with Gasteiger partial charge in [0.2, 0.25) is 0 Å². The van der Waals surface area contributed by atoms with Crippen LogP contribution >= 0.6 is 11.3 Å². The second-order valence-corrected chi connectivity index (χ2v) is 20.2. The van der Waals surface area contributed by atoms with Crippen LogP contribution < -0.4 is 4.90 Å². The molecule has 0 spiro atoms. The first-order valence-electron chi connectivity index (χ1n) is 24.3. The molecule has 1 nitrogen and oxygen atoms in total. The summed E-state index contributed by atoms with van der Waals surface area (Å²) < 4.78 is 2.60. The number of thiophene rings is 1. The largest absolute Gasteiger partial charge is 0.310 e. The summed E-state index contributed by atoms with van der Waals surface area (Å²) in [5.41, 5.74) is 17.6. The first-order chi connectivity index (χ1) is 34.5. The molecule has 0 N–H and O–H groups in total. The minimum atomic E-state index is -0.573. The van der Waals surface area contributed by atoms with Gasteiger partial charge in [-0.15, -0.1) is 11.3 Å². The smallest absolute Gasteiger partial charge is 0.0701 e. The molecule has 1 heterocycles. The third-order valence-electron chi connectivity index (χ3n) is 15.0. The Bertz CT molecular complexity index is 3810. The van der Waals surface area contributed by atoms with E-state index in [0.29, 0.717) is 0 Å². The van der Waals surface area contributed by atoms with Crippen LogP contribution in [0.4, 0.5) is 17.1 Å². The molecule has 0 bridgehead atoms. The molecule has 0 unspecified atom stereocenters. The van der Waals surface area contributed by atoms with Crippen molar-refractivity contribution in [2.24, 2.45) is 0 Å². The Morgan fingerprint density at radius 3 is 1.57 bits per heavy atom. The van der Waals surface area contributed by atoms with Crippen LogP contribution in [0, 0.1) is 0 Å². The summed E-state index contributed by atoms with van der Waals surface area (Å²) in [5.74, 6) is 0. The quantitative estimate of drug-likeness (QED) is 0.130. The monoisotopic (exact) mass is 911 g/mol. The van der Waals surface area contributed by atoms with Crippen molar-refractivity contribution in [2.45, 2.75) is 24.7 Å². The van der Waals surface area contributed by atoms with Crippen molar-refractivity contribution in [3.63, 3.8) is 0 Å². The van der Waals surface area contributed by atoms with E-state index >= 15 is 0 Å². The molecule has 332 valence electrons. The molecule has 0 saturated carbocycles. The van der Waals surface area contributed by atoms with Crippen LogP contribution in [0.15, 0.2) is 261 Å². The molecule has 12 aromatic rings. The zero-order valence-electron chi connectivity index (χ0n) is 39.2. The minimum absolute atomic E-state index is 0.182. The maximum atomic E-state index is 2.53. The number of anilines is 3. The van der Waals surface area contributed by atoms with Gasteiger partial charge in [-0.05, 0) is 114 Å². The zero-order chi connectivity index (χ0) is 46.8. The van der Waals surface area contributed by atoms with E-state index < -0.39 is 5.41 Å². The van der Waals surface area contributed by atoms with Gasteiger partial charge >= 0.3 is 0 Å². The molecule has 13 rings (SSSR count). The van der Waals surface area contributed by atoms with E-state index in [-0.39, 0.29) is 5.41 Å². The summed E-state index contributed by atoms with van der Waals surface area (Å²) in [6.07, 6.45) is 0. The molecule has 0 amide bonds. The fraction of sp³-hybridized carbons (Fsp3) is 0.0588.